The molecule has 2 heterocycles. The van der Waals surface area contributed by atoms with Crippen LogP contribution in [0.2, 0.25) is 0 Å². The normalized spacial score (nSPS) is 13.3. The lowest BCUT2D eigenvalue weighted by molar-refractivity contribution is 0.223. The summed E-state index contributed by atoms with van der Waals surface area (Å²) in [4.78, 5) is 4.52. The summed E-state index contributed by atoms with van der Waals surface area (Å²) in [6.45, 7) is 5.19. The summed E-state index contributed by atoms with van der Waals surface area (Å²) < 4.78 is 2.01. The zero-order chi connectivity index (χ0) is 13.0. The Morgan fingerprint density at radius 3 is 2.89 bits per heavy atom. The van der Waals surface area contributed by atoms with Crippen LogP contribution in [-0.4, -0.2) is 27.1 Å². The summed E-state index contributed by atoms with van der Waals surface area (Å²) in [5.41, 5.74) is 1.96. The molecule has 0 spiro atoms. The molecule has 0 fully saturated rings. The SMILES string of the molecule is CC(C)CC(CO)NCc1cn2ccccc2n1. The molecule has 2 aromatic heterocycles. The summed E-state index contributed by atoms with van der Waals surface area (Å²) in [5, 5.41) is 12.7. The Labute approximate surface area is 108 Å². The summed E-state index contributed by atoms with van der Waals surface area (Å²) in [6.07, 6.45) is 4.99. The van der Waals surface area contributed by atoms with Crippen molar-refractivity contribution in [3.63, 3.8) is 0 Å². The number of aliphatic hydroxyl groups is 1. The maximum atomic E-state index is 9.30. The lowest BCUT2D eigenvalue weighted by Crippen LogP contribution is -2.33. The summed E-state index contributed by atoms with van der Waals surface area (Å²) in [6, 6.07) is 6.10. The number of fused-ring (bicyclic) bond motifs is 1. The zero-order valence-corrected chi connectivity index (χ0v) is 11.0. The second-order valence-corrected chi connectivity index (χ2v) is 5.09. The fourth-order valence-corrected chi connectivity index (χ4v) is 2.11. The van der Waals surface area contributed by atoms with E-state index in [1.165, 1.54) is 0 Å². The molecule has 2 rings (SSSR count). The first-order valence-corrected chi connectivity index (χ1v) is 6.46. The van der Waals surface area contributed by atoms with E-state index in [0.717, 1.165) is 17.8 Å². The van der Waals surface area contributed by atoms with Gasteiger partial charge in [-0.1, -0.05) is 19.9 Å². The van der Waals surface area contributed by atoms with Gasteiger partial charge in [0.05, 0.1) is 12.3 Å². The van der Waals surface area contributed by atoms with Gasteiger partial charge in [0.2, 0.25) is 0 Å². The maximum absolute atomic E-state index is 9.30. The fourth-order valence-electron chi connectivity index (χ4n) is 2.11. The summed E-state index contributed by atoms with van der Waals surface area (Å²) >= 11 is 0. The van der Waals surface area contributed by atoms with Crippen molar-refractivity contribution in [1.82, 2.24) is 14.7 Å². The number of aliphatic hydroxyl groups excluding tert-OH is 1. The van der Waals surface area contributed by atoms with E-state index in [2.05, 4.69) is 24.1 Å². The van der Waals surface area contributed by atoms with Gasteiger partial charge in [0.25, 0.3) is 0 Å². The van der Waals surface area contributed by atoms with Crippen molar-refractivity contribution in [2.24, 2.45) is 5.92 Å². The Kier molecular flexibility index (Phi) is 4.33. The number of nitrogens with one attached hydrogen (secondary N) is 1. The van der Waals surface area contributed by atoms with Crippen LogP contribution in [0.25, 0.3) is 5.65 Å². The Balaban J connectivity index is 1.96. The van der Waals surface area contributed by atoms with Crippen LogP contribution in [0.4, 0.5) is 0 Å². The van der Waals surface area contributed by atoms with Gasteiger partial charge in [-0.2, -0.15) is 0 Å². The molecule has 98 valence electrons. The van der Waals surface area contributed by atoms with E-state index in [1.807, 2.05) is 35.0 Å². The van der Waals surface area contributed by atoms with E-state index in [4.69, 9.17) is 0 Å². The van der Waals surface area contributed by atoms with Crippen molar-refractivity contribution in [3.05, 3.63) is 36.3 Å². The van der Waals surface area contributed by atoms with Gasteiger partial charge >= 0.3 is 0 Å². The van der Waals surface area contributed by atoms with E-state index in [-0.39, 0.29) is 12.6 Å². The highest BCUT2D eigenvalue weighted by Gasteiger charge is 2.10. The average molecular weight is 247 g/mol. The number of hydrogen-bond acceptors (Lipinski definition) is 3. The molecule has 0 bridgehead atoms. The standard InChI is InChI=1S/C14H21N3O/c1-11(2)7-12(10-18)15-8-13-9-17-6-4-3-5-14(17)16-13/h3-6,9,11-12,15,18H,7-8,10H2,1-2H3. The highest BCUT2D eigenvalue weighted by molar-refractivity contribution is 5.39. The second-order valence-electron chi connectivity index (χ2n) is 5.09. The number of hydrogen-bond donors (Lipinski definition) is 2. The van der Waals surface area contributed by atoms with Gasteiger partial charge in [-0.05, 0) is 24.5 Å². The number of rotatable bonds is 6. The fraction of sp³-hybridized carbons (Fsp3) is 0.500. The third kappa shape index (κ3) is 3.31. The van der Waals surface area contributed by atoms with Gasteiger partial charge in [-0.15, -0.1) is 0 Å². The van der Waals surface area contributed by atoms with Crippen LogP contribution in [0.5, 0.6) is 0 Å². The van der Waals surface area contributed by atoms with Gasteiger partial charge in [0.1, 0.15) is 5.65 Å². The minimum Gasteiger partial charge on any atom is -0.395 e. The molecule has 0 saturated heterocycles. The van der Waals surface area contributed by atoms with Crippen molar-refractivity contribution in [1.29, 1.82) is 0 Å². The van der Waals surface area contributed by atoms with Crippen molar-refractivity contribution in [3.8, 4) is 0 Å². The second kappa shape index (κ2) is 5.98. The topological polar surface area (TPSA) is 49.6 Å². The smallest absolute Gasteiger partial charge is 0.137 e. The molecule has 0 saturated carbocycles. The van der Waals surface area contributed by atoms with Crippen molar-refractivity contribution < 1.29 is 5.11 Å². The zero-order valence-electron chi connectivity index (χ0n) is 11.0. The molecule has 2 aromatic rings. The van der Waals surface area contributed by atoms with Crippen molar-refractivity contribution >= 4 is 5.65 Å². The molecule has 0 aliphatic rings. The third-order valence-electron chi connectivity index (χ3n) is 2.96. The molecular weight excluding hydrogens is 226 g/mol. The third-order valence-corrected chi connectivity index (χ3v) is 2.96. The van der Waals surface area contributed by atoms with Crippen LogP contribution in [0.15, 0.2) is 30.6 Å². The van der Waals surface area contributed by atoms with Gasteiger partial charge in [-0.3, -0.25) is 0 Å². The summed E-state index contributed by atoms with van der Waals surface area (Å²) in [7, 11) is 0. The Morgan fingerprint density at radius 2 is 2.22 bits per heavy atom. The summed E-state index contributed by atoms with van der Waals surface area (Å²) in [5.74, 6) is 0.579. The molecule has 1 unspecified atom stereocenters. The first-order valence-electron chi connectivity index (χ1n) is 6.46. The minimum absolute atomic E-state index is 0.148. The highest BCUT2D eigenvalue weighted by atomic mass is 16.3. The lowest BCUT2D eigenvalue weighted by Gasteiger charge is -2.17. The Hall–Kier alpha value is -1.39. The van der Waals surface area contributed by atoms with Crippen LogP contribution in [-0.2, 0) is 6.54 Å². The molecule has 4 nitrogen and oxygen atoms in total. The monoisotopic (exact) mass is 247 g/mol. The highest BCUT2D eigenvalue weighted by Crippen LogP contribution is 2.07. The number of imidazole rings is 1. The van der Waals surface area contributed by atoms with Crippen LogP contribution >= 0.6 is 0 Å². The minimum atomic E-state index is 0.148. The average Bonchev–Trinajstić information content (AvgIpc) is 2.76. The van der Waals surface area contributed by atoms with Crippen molar-refractivity contribution in [2.75, 3.05) is 6.61 Å². The molecule has 0 aliphatic carbocycles. The van der Waals surface area contributed by atoms with Gasteiger partial charge in [0.15, 0.2) is 0 Å². The lowest BCUT2D eigenvalue weighted by atomic mass is 10.0. The van der Waals surface area contributed by atoms with E-state index in [9.17, 15) is 5.11 Å². The van der Waals surface area contributed by atoms with Crippen LogP contribution in [0.1, 0.15) is 26.0 Å². The van der Waals surface area contributed by atoms with Gasteiger partial charge in [0, 0.05) is 25.0 Å². The molecule has 18 heavy (non-hydrogen) atoms. The Morgan fingerprint density at radius 1 is 1.39 bits per heavy atom. The van der Waals surface area contributed by atoms with Crippen LogP contribution in [0.3, 0.4) is 0 Å². The molecular formula is C14H21N3O. The van der Waals surface area contributed by atoms with E-state index in [1.54, 1.807) is 0 Å². The van der Waals surface area contributed by atoms with Crippen molar-refractivity contribution in [2.45, 2.75) is 32.9 Å². The van der Waals surface area contributed by atoms with E-state index >= 15 is 0 Å². The van der Waals surface area contributed by atoms with Gasteiger partial charge < -0.3 is 14.8 Å². The molecule has 2 N–H and O–H groups in total. The van der Waals surface area contributed by atoms with Crippen LogP contribution < -0.4 is 5.32 Å². The maximum Gasteiger partial charge on any atom is 0.137 e. The predicted molar refractivity (Wildman–Crippen MR) is 72.4 cm³/mol. The number of nitrogens with zero attached hydrogens (tertiary/aromatic N) is 2. The quantitative estimate of drug-likeness (QED) is 0.819. The first-order chi connectivity index (χ1) is 8.69. The van der Waals surface area contributed by atoms with Crippen LogP contribution in [0, 0.1) is 5.92 Å². The molecule has 0 aromatic carbocycles. The van der Waals surface area contributed by atoms with E-state index < -0.39 is 0 Å². The molecule has 4 heteroatoms. The predicted octanol–water partition coefficient (Wildman–Crippen LogP) is 1.83. The number of aromatic nitrogens is 2. The Bertz CT molecular complexity index is 459. The van der Waals surface area contributed by atoms with Gasteiger partial charge in [-0.25, -0.2) is 4.98 Å². The number of pyridine rings is 1. The van der Waals surface area contributed by atoms with E-state index in [0.29, 0.717) is 12.5 Å². The first kappa shape index (κ1) is 13.1. The molecule has 0 amide bonds. The largest absolute Gasteiger partial charge is 0.395 e. The molecule has 0 radical (unpaired) electrons. The molecule has 0 aliphatic heterocycles. The molecule has 1 atom stereocenters.